The average Bonchev–Trinajstić information content (AvgIpc) is 2.16. The van der Waals surface area contributed by atoms with Gasteiger partial charge in [0.25, 0.3) is 0 Å². The van der Waals surface area contributed by atoms with Crippen LogP contribution in [0.4, 0.5) is 0 Å². The highest BCUT2D eigenvalue weighted by molar-refractivity contribution is 7.87. The van der Waals surface area contributed by atoms with Crippen molar-refractivity contribution >= 4 is 21.4 Å². The summed E-state index contributed by atoms with van der Waals surface area (Å²) in [6.45, 7) is 1.79. The van der Waals surface area contributed by atoms with E-state index in [1.807, 2.05) is 0 Å². The van der Waals surface area contributed by atoms with E-state index in [1.54, 1.807) is 19.1 Å². The van der Waals surface area contributed by atoms with Crippen LogP contribution in [0.1, 0.15) is 5.56 Å². The van der Waals surface area contributed by atoms with Crippen molar-refractivity contribution in [2.24, 2.45) is 0 Å². The molecule has 0 radical (unpaired) electrons. The van der Waals surface area contributed by atoms with Crippen LogP contribution >= 0.6 is 0 Å². The first kappa shape index (κ1) is 12.3. The molecule has 1 aromatic carbocycles. The van der Waals surface area contributed by atoms with E-state index in [4.69, 9.17) is 0 Å². The maximum Gasteiger partial charge on any atom is 0.313 e. The van der Waals surface area contributed by atoms with Crippen LogP contribution in [0.3, 0.4) is 0 Å². The molecule has 1 rings (SSSR count). The summed E-state index contributed by atoms with van der Waals surface area (Å²) in [7, 11) is -4.08. The van der Waals surface area contributed by atoms with Gasteiger partial charge in [0.1, 0.15) is 0 Å². The molecule has 0 saturated heterocycles. The van der Waals surface area contributed by atoms with Crippen LogP contribution in [0.15, 0.2) is 29.2 Å². The fourth-order valence-electron chi connectivity index (χ4n) is 0.826. The lowest BCUT2D eigenvalue weighted by Crippen LogP contribution is -2.22. The van der Waals surface area contributed by atoms with Crippen molar-refractivity contribution in [2.45, 2.75) is 11.8 Å². The van der Waals surface area contributed by atoms with E-state index in [9.17, 15) is 17.2 Å². The minimum atomic E-state index is -4.08. The van der Waals surface area contributed by atoms with Crippen molar-refractivity contribution in [3.05, 3.63) is 29.8 Å². The third-order valence-corrected chi connectivity index (χ3v) is 3.00. The Balaban J connectivity index is 2.87. The number of hydrogen-bond donors (Lipinski definition) is 1. The van der Waals surface area contributed by atoms with Gasteiger partial charge >= 0.3 is 10.1 Å². The molecule has 0 heterocycles. The topological polar surface area (TPSA) is 95.5 Å². The third kappa shape index (κ3) is 3.68. The highest BCUT2D eigenvalue weighted by atomic mass is 32.2. The van der Waals surface area contributed by atoms with Gasteiger partial charge in [-0.15, -0.1) is 4.89 Å². The van der Waals surface area contributed by atoms with Gasteiger partial charge < -0.3 is 4.55 Å². The Hall–Kier alpha value is -0.800. The molecule has 0 aromatic heterocycles. The van der Waals surface area contributed by atoms with Gasteiger partial charge in [-0.25, -0.2) is 0 Å². The summed E-state index contributed by atoms with van der Waals surface area (Å²) in [6.07, 6.45) is 0. The number of benzene rings is 1. The number of rotatable bonds is 4. The Morgan fingerprint density at radius 1 is 1.33 bits per heavy atom. The fraction of sp³-hybridized carbons (Fsp3) is 0.143. The second-order valence-electron chi connectivity index (χ2n) is 2.67. The molecule has 0 spiro atoms. The van der Waals surface area contributed by atoms with Gasteiger partial charge in [-0.3, -0.25) is 4.21 Å². The SMILES string of the molecule is Cc1ccc(S(=O)(=O)ONS(=O)[O-])cc1. The number of aryl methyl sites for hydroxylation is 1. The van der Waals surface area contributed by atoms with Crippen LogP contribution in [-0.4, -0.2) is 17.2 Å². The highest BCUT2D eigenvalue weighted by Crippen LogP contribution is 2.11. The molecule has 0 aliphatic heterocycles. The van der Waals surface area contributed by atoms with Crippen LogP contribution in [0, 0.1) is 6.92 Å². The molecule has 0 saturated carbocycles. The Morgan fingerprint density at radius 3 is 2.33 bits per heavy atom. The molecule has 0 amide bonds. The van der Waals surface area contributed by atoms with E-state index in [0.29, 0.717) is 0 Å². The molecule has 15 heavy (non-hydrogen) atoms. The first-order valence-corrected chi connectivity index (χ1v) is 6.25. The van der Waals surface area contributed by atoms with Gasteiger partial charge in [0.15, 0.2) is 0 Å². The first-order valence-electron chi connectivity index (χ1n) is 3.77. The smallest absolute Gasteiger partial charge is 0.313 e. The lowest BCUT2D eigenvalue weighted by Gasteiger charge is -2.07. The quantitative estimate of drug-likeness (QED) is 0.599. The van der Waals surface area contributed by atoms with Crippen molar-refractivity contribution in [1.82, 2.24) is 4.89 Å². The minimum Gasteiger partial charge on any atom is -0.758 e. The lowest BCUT2D eigenvalue weighted by molar-refractivity contribution is 0.268. The van der Waals surface area contributed by atoms with E-state index < -0.39 is 21.4 Å². The maximum atomic E-state index is 11.3. The summed E-state index contributed by atoms with van der Waals surface area (Å²) in [5.41, 5.74) is 0.884. The summed E-state index contributed by atoms with van der Waals surface area (Å²) < 4.78 is 46.7. The molecule has 0 bridgehead atoms. The molecule has 84 valence electrons. The molecular weight excluding hydrogens is 242 g/mol. The standard InChI is InChI=1S/C7H9NO5S2/c1-6-2-4-7(5-3-6)15(11,12)13-8-14(9)10/h2-5,8H,1H3,(H,9,10)/p-1. The van der Waals surface area contributed by atoms with Crippen LogP contribution < -0.4 is 4.89 Å². The summed E-state index contributed by atoms with van der Waals surface area (Å²) in [5.74, 6) is 0. The zero-order valence-corrected chi connectivity index (χ0v) is 9.30. The fourth-order valence-corrected chi connectivity index (χ4v) is 1.97. The molecular formula is C7H8NO5S2-. The lowest BCUT2D eigenvalue weighted by atomic mass is 10.2. The molecule has 0 fully saturated rings. The molecule has 1 unspecified atom stereocenters. The monoisotopic (exact) mass is 250 g/mol. The van der Waals surface area contributed by atoms with Crippen molar-refractivity contribution in [1.29, 1.82) is 0 Å². The van der Waals surface area contributed by atoms with Gasteiger partial charge in [0.05, 0.1) is 4.90 Å². The Kier molecular flexibility index (Phi) is 3.94. The van der Waals surface area contributed by atoms with Crippen molar-refractivity contribution in [2.75, 3.05) is 0 Å². The van der Waals surface area contributed by atoms with E-state index in [-0.39, 0.29) is 4.90 Å². The summed E-state index contributed by atoms with van der Waals surface area (Å²) >= 11 is -2.79. The van der Waals surface area contributed by atoms with Crippen LogP contribution in [0.5, 0.6) is 0 Å². The molecule has 0 aliphatic rings. The number of hydrogen-bond acceptors (Lipinski definition) is 5. The Bertz CT molecular complexity index is 453. The summed E-state index contributed by atoms with van der Waals surface area (Å²) in [4.78, 5) is 1.21. The maximum absolute atomic E-state index is 11.3. The average molecular weight is 250 g/mol. The van der Waals surface area contributed by atoms with Crippen molar-refractivity contribution < 1.29 is 21.5 Å². The zero-order chi connectivity index (χ0) is 11.5. The third-order valence-electron chi connectivity index (χ3n) is 1.52. The van der Waals surface area contributed by atoms with Gasteiger partial charge in [-0.05, 0) is 19.1 Å². The zero-order valence-electron chi connectivity index (χ0n) is 7.67. The Labute approximate surface area is 89.8 Å². The second kappa shape index (κ2) is 4.81. The van der Waals surface area contributed by atoms with Crippen molar-refractivity contribution in [3.8, 4) is 0 Å². The normalized spacial score (nSPS) is 13.7. The largest absolute Gasteiger partial charge is 0.758 e. The molecule has 8 heteroatoms. The Morgan fingerprint density at radius 2 is 1.87 bits per heavy atom. The van der Waals surface area contributed by atoms with Gasteiger partial charge in [0, 0.05) is 11.3 Å². The van der Waals surface area contributed by atoms with E-state index >= 15 is 0 Å². The van der Waals surface area contributed by atoms with E-state index in [0.717, 1.165) is 5.56 Å². The van der Waals surface area contributed by atoms with Crippen molar-refractivity contribution in [3.63, 3.8) is 0 Å². The second-order valence-corrected chi connectivity index (χ2v) is 4.85. The van der Waals surface area contributed by atoms with Crippen LogP contribution in [0.25, 0.3) is 0 Å². The van der Waals surface area contributed by atoms with Gasteiger partial charge in [0.2, 0.25) is 0 Å². The molecule has 1 atom stereocenters. The predicted molar refractivity (Wildman–Crippen MR) is 51.5 cm³/mol. The summed E-state index contributed by atoms with van der Waals surface area (Å²) in [5, 5.41) is 0. The van der Waals surface area contributed by atoms with Crippen LogP contribution in [0.2, 0.25) is 0 Å². The minimum absolute atomic E-state index is 0.119. The molecule has 1 aromatic rings. The van der Waals surface area contributed by atoms with Crippen LogP contribution in [-0.2, 0) is 25.7 Å². The molecule has 0 aliphatic carbocycles. The molecule has 1 N–H and O–H groups in total. The first-order chi connectivity index (χ1) is 6.92. The van der Waals surface area contributed by atoms with Gasteiger partial charge in [-0.2, -0.15) is 12.7 Å². The van der Waals surface area contributed by atoms with Gasteiger partial charge in [-0.1, -0.05) is 17.7 Å². The summed E-state index contributed by atoms with van der Waals surface area (Å²) in [6, 6.07) is 5.79. The van der Waals surface area contributed by atoms with E-state index in [1.165, 1.54) is 17.0 Å². The highest BCUT2D eigenvalue weighted by Gasteiger charge is 2.14. The predicted octanol–water partition coefficient (Wildman–Crippen LogP) is -0.000980. The molecule has 6 nitrogen and oxygen atoms in total. The number of nitrogens with one attached hydrogen (secondary N) is 1. The van der Waals surface area contributed by atoms with E-state index in [2.05, 4.69) is 4.28 Å².